The number of nitrogens with zero attached hydrogens (tertiary/aromatic N) is 2. The molecule has 21 heavy (non-hydrogen) atoms. The first-order chi connectivity index (χ1) is 10.1. The maximum atomic E-state index is 11.7. The lowest BCUT2D eigenvalue weighted by molar-refractivity contribution is -0.119. The Bertz CT molecular complexity index is 709. The number of nitrogens with two attached hydrogens (primary N) is 1. The van der Waals surface area contributed by atoms with Crippen LogP contribution in [0.5, 0.6) is 0 Å². The van der Waals surface area contributed by atoms with E-state index < -0.39 is 17.9 Å². The van der Waals surface area contributed by atoms with Gasteiger partial charge >= 0.3 is 5.97 Å². The summed E-state index contributed by atoms with van der Waals surface area (Å²) in [5, 5.41) is 0. The van der Waals surface area contributed by atoms with Gasteiger partial charge in [-0.15, -0.1) is 0 Å². The largest absolute Gasteiger partial charge is 0.465 e. The van der Waals surface area contributed by atoms with Crippen LogP contribution in [-0.4, -0.2) is 36.6 Å². The van der Waals surface area contributed by atoms with E-state index in [0.717, 1.165) is 6.42 Å². The van der Waals surface area contributed by atoms with Crippen LogP contribution in [0.25, 0.3) is 11.1 Å². The van der Waals surface area contributed by atoms with Gasteiger partial charge in [0.2, 0.25) is 5.91 Å². The average Bonchev–Trinajstić information content (AvgIpc) is 3.11. The number of esters is 1. The molecule has 0 spiro atoms. The van der Waals surface area contributed by atoms with Gasteiger partial charge in [0.05, 0.1) is 12.7 Å². The first kappa shape index (κ1) is 13.4. The van der Waals surface area contributed by atoms with Crippen molar-refractivity contribution in [3.8, 4) is 0 Å². The molecule has 3 rings (SSSR count). The number of rotatable bonds is 3. The number of carbonyl (C=O) groups is 2. The summed E-state index contributed by atoms with van der Waals surface area (Å²) < 4.78 is 10.4. The molecule has 1 aromatic heterocycles. The van der Waals surface area contributed by atoms with Gasteiger partial charge in [-0.3, -0.25) is 4.79 Å². The zero-order valence-corrected chi connectivity index (χ0v) is 11.5. The number of primary amides is 1. The lowest BCUT2D eigenvalue weighted by atomic mass is 10.2. The topological polar surface area (TPSA) is 98.7 Å². The first-order valence-corrected chi connectivity index (χ1v) is 6.65. The van der Waals surface area contributed by atoms with E-state index in [2.05, 4.69) is 4.98 Å². The van der Waals surface area contributed by atoms with Crippen LogP contribution >= 0.6 is 0 Å². The predicted molar refractivity (Wildman–Crippen MR) is 74.9 cm³/mol. The summed E-state index contributed by atoms with van der Waals surface area (Å²) in [6.07, 6.45) is 1.52. The number of fused-ring (bicyclic) bond motifs is 1. The number of benzene rings is 1. The number of amides is 1. The third-order valence-electron chi connectivity index (χ3n) is 3.64. The van der Waals surface area contributed by atoms with Crippen LogP contribution in [0.4, 0.5) is 6.01 Å². The third-order valence-corrected chi connectivity index (χ3v) is 3.64. The van der Waals surface area contributed by atoms with E-state index in [0.29, 0.717) is 35.6 Å². The highest BCUT2D eigenvalue weighted by Crippen LogP contribution is 2.29. The van der Waals surface area contributed by atoms with Crippen molar-refractivity contribution < 1.29 is 18.7 Å². The number of hydrogen-bond donors (Lipinski definition) is 1. The van der Waals surface area contributed by atoms with Crippen molar-refractivity contribution in [3.05, 3.63) is 23.8 Å². The fraction of sp³-hybridized carbons (Fsp3) is 0.357. The summed E-state index contributed by atoms with van der Waals surface area (Å²) in [7, 11) is 1.31. The van der Waals surface area contributed by atoms with E-state index >= 15 is 0 Å². The molecule has 1 aliphatic rings. The van der Waals surface area contributed by atoms with Gasteiger partial charge in [0, 0.05) is 6.54 Å². The molecule has 0 saturated carbocycles. The van der Waals surface area contributed by atoms with Crippen LogP contribution in [0.1, 0.15) is 23.2 Å². The molecule has 1 aliphatic heterocycles. The van der Waals surface area contributed by atoms with Crippen molar-refractivity contribution in [2.24, 2.45) is 5.73 Å². The maximum Gasteiger partial charge on any atom is 0.340 e. The third kappa shape index (κ3) is 2.20. The lowest BCUT2D eigenvalue weighted by Gasteiger charge is -2.19. The zero-order valence-electron chi connectivity index (χ0n) is 11.5. The summed E-state index contributed by atoms with van der Waals surface area (Å²) in [5.41, 5.74) is 6.63. The highest BCUT2D eigenvalue weighted by molar-refractivity contribution is 6.01. The van der Waals surface area contributed by atoms with Crippen LogP contribution in [0.2, 0.25) is 0 Å². The number of carbonyl (C=O) groups excluding carboxylic acids is 2. The molecule has 2 aromatic rings. The summed E-state index contributed by atoms with van der Waals surface area (Å²) in [4.78, 5) is 29.3. The zero-order chi connectivity index (χ0) is 15.0. The van der Waals surface area contributed by atoms with E-state index in [9.17, 15) is 9.59 Å². The van der Waals surface area contributed by atoms with Crippen LogP contribution < -0.4 is 10.6 Å². The molecule has 110 valence electrons. The van der Waals surface area contributed by atoms with Crippen molar-refractivity contribution in [2.75, 3.05) is 18.6 Å². The normalized spacial score (nSPS) is 18.1. The molecular weight excluding hydrogens is 274 g/mol. The number of hydrogen-bond acceptors (Lipinski definition) is 6. The molecule has 1 atom stereocenters. The number of aromatic nitrogens is 1. The van der Waals surface area contributed by atoms with Gasteiger partial charge in [0.15, 0.2) is 5.58 Å². The second kappa shape index (κ2) is 5.08. The smallest absolute Gasteiger partial charge is 0.340 e. The minimum Gasteiger partial charge on any atom is -0.465 e. The standard InChI is InChI=1S/C14H15N3O4/c1-20-13(19)8-4-2-6-10-11(8)16-14(21-10)17-7-3-5-9(17)12(15)18/h2,4,6,9H,3,5,7H2,1H3,(H2,15,18). The highest BCUT2D eigenvalue weighted by Gasteiger charge is 2.32. The monoisotopic (exact) mass is 289 g/mol. The molecule has 1 unspecified atom stereocenters. The minimum atomic E-state index is -0.478. The number of oxazole rings is 1. The van der Waals surface area contributed by atoms with Gasteiger partial charge in [0.1, 0.15) is 11.6 Å². The molecule has 1 amide bonds. The predicted octanol–water partition coefficient (Wildman–Crippen LogP) is 1.07. The molecule has 2 N–H and O–H groups in total. The molecule has 0 aliphatic carbocycles. The van der Waals surface area contributed by atoms with E-state index in [1.807, 2.05) is 0 Å². The number of ether oxygens (including phenoxy) is 1. The second-order valence-electron chi connectivity index (χ2n) is 4.89. The van der Waals surface area contributed by atoms with Crippen molar-refractivity contribution >= 4 is 29.0 Å². The fourth-order valence-electron chi connectivity index (χ4n) is 2.63. The Kier molecular flexibility index (Phi) is 3.25. The molecule has 7 nitrogen and oxygen atoms in total. The molecule has 1 aromatic carbocycles. The van der Waals surface area contributed by atoms with Crippen molar-refractivity contribution in [2.45, 2.75) is 18.9 Å². The Labute approximate surface area is 120 Å². The van der Waals surface area contributed by atoms with Crippen LogP contribution in [0.3, 0.4) is 0 Å². The molecule has 1 saturated heterocycles. The summed E-state index contributed by atoms with van der Waals surface area (Å²) in [6.45, 7) is 0.647. The molecular formula is C14H15N3O4. The fourth-order valence-corrected chi connectivity index (χ4v) is 2.63. The number of methoxy groups -OCH3 is 1. The molecule has 0 radical (unpaired) electrons. The average molecular weight is 289 g/mol. The van der Waals surface area contributed by atoms with Crippen LogP contribution in [0, 0.1) is 0 Å². The van der Waals surface area contributed by atoms with E-state index in [1.165, 1.54) is 7.11 Å². The van der Waals surface area contributed by atoms with Gasteiger partial charge in [-0.1, -0.05) is 6.07 Å². The second-order valence-corrected chi connectivity index (χ2v) is 4.89. The lowest BCUT2D eigenvalue weighted by Crippen LogP contribution is -2.40. The Morgan fingerprint density at radius 1 is 1.48 bits per heavy atom. The first-order valence-electron chi connectivity index (χ1n) is 6.65. The van der Waals surface area contributed by atoms with E-state index in [-0.39, 0.29) is 0 Å². The number of anilines is 1. The summed E-state index contributed by atoms with van der Waals surface area (Å²) in [5.74, 6) is -0.878. The highest BCUT2D eigenvalue weighted by atomic mass is 16.5. The van der Waals surface area contributed by atoms with E-state index in [4.69, 9.17) is 14.9 Å². The van der Waals surface area contributed by atoms with Crippen molar-refractivity contribution in [1.82, 2.24) is 4.98 Å². The van der Waals surface area contributed by atoms with Gasteiger partial charge in [-0.2, -0.15) is 4.98 Å². The number of para-hydroxylation sites is 1. The quantitative estimate of drug-likeness (QED) is 0.848. The van der Waals surface area contributed by atoms with Crippen LogP contribution in [-0.2, 0) is 9.53 Å². The van der Waals surface area contributed by atoms with Gasteiger partial charge in [0.25, 0.3) is 6.01 Å². The van der Waals surface area contributed by atoms with Gasteiger partial charge in [-0.25, -0.2) is 4.79 Å². The summed E-state index contributed by atoms with van der Waals surface area (Å²) in [6, 6.07) is 4.92. The Hall–Kier alpha value is -2.57. The Balaban J connectivity index is 2.05. The molecule has 1 fully saturated rings. The molecule has 2 heterocycles. The maximum absolute atomic E-state index is 11.7. The molecule has 0 bridgehead atoms. The van der Waals surface area contributed by atoms with Gasteiger partial charge in [-0.05, 0) is 25.0 Å². The SMILES string of the molecule is COC(=O)c1cccc2oc(N3CCCC3C(N)=O)nc12. The van der Waals surface area contributed by atoms with E-state index in [1.54, 1.807) is 23.1 Å². The van der Waals surface area contributed by atoms with Crippen LogP contribution in [0.15, 0.2) is 22.6 Å². The van der Waals surface area contributed by atoms with Crippen molar-refractivity contribution in [1.29, 1.82) is 0 Å². The minimum absolute atomic E-state index is 0.308. The van der Waals surface area contributed by atoms with Gasteiger partial charge < -0.3 is 19.8 Å². The van der Waals surface area contributed by atoms with Crippen molar-refractivity contribution in [3.63, 3.8) is 0 Å². The summed E-state index contributed by atoms with van der Waals surface area (Å²) >= 11 is 0. The Morgan fingerprint density at radius 2 is 2.29 bits per heavy atom. The Morgan fingerprint density at radius 3 is 3.00 bits per heavy atom. The molecule has 7 heteroatoms.